The first-order chi connectivity index (χ1) is 13.7. The Balaban J connectivity index is 1.97. The van der Waals surface area contributed by atoms with Crippen molar-refractivity contribution in [3.05, 3.63) is 61.5 Å². The molecule has 152 valence electrons. The minimum absolute atomic E-state index is 0.00137. The molecule has 1 atom stereocenters. The van der Waals surface area contributed by atoms with Crippen molar-refractivity contribution in [3.63, 3.8) is 0 Å². The average molecular weight is 444 g/mol. The van der Waals surface area contributed by atoms with Crippen molar-refractivity contribution in [2.45, 2.75) is 32.5 Å². The molecule has 0 saturated heterocycles. The highest BCUT2D eigenvalue weighted by atomic mass is 35.5. The topological polar surface area (TPSA) is 71.1 Å². The zero-order chi connectivity index (χ0) is 20.9. The SMILES string of the molecule is CCn1c([O-])c(-c2cccc(C(F)(F)F)c2)c(=O)[n+]2c1COC2c1cnc(Cl)s1. The first-order valence-electron chi connectivity index (χ1n) is 8.51. The van der Waals surface area contributed by atoms with Gasteiger partial charge >= 0.3 is 11.7 Å². The zero-order valence-electron chi connectivity index (χ0n) is 14.9. The number of fused-ring (bicyclic) bond motifs is 1. The molecule has 0 amide bonds. The molecule has 0 N–H and O–H groups in total. The second-order valence-electron chi connectivity index (χ2n) is 6.27. The highest BCUT2D eigenvalue weighted by Crippen LogP contribution is 2.34. The Morgan fingerprint density at radius 3 is 2.83 bits per heavy atom. The molecule has 4 rings (SSSR count). The summed E-state index contributed by atoms with van der Waals surface area (Å²) in [5.74, 6) is -0.317. The van der Waals surface area contributed by atoms with E-state index in [-0.39, 0.29) is 28.7 Å². The smallest absolute Gasteiger partial charge is 0.416 e. The van der Waals surface area contributed by atoms with Gasteiger partial charge in [-0.15, -0.1) is 11.3 Å². The van der Waals surface area contributed by atoms with E-state index in [1.54, 1.807) is 6.92 Å². The Morgan fingerprint density at radius 1 is 1.45 bits per heavy atom. The van der Waals surface area contributed by atoms with Crippen LogP contribution in [0.1, 0.15) is 29.4 Å². The van der Waals surface area contributed by atoms with Gasteiger partial charge in [0.15, 0.2) is 11.1 Å². The highest BCUT2D eigenvalue weighted by Gasteiger charge is 2.39. The Labute approximate surface area is 171 Å². The maximum atomic E-state index is 13.2. The van der Waals surface area contributed by atoms with Crippen molar-refractivity contribution in [3.8, 4) is 17.0 Å². The molecule has 1 aliphatic heterocycles. The van der Waals surface area contributed by atoms with Crippen LogP contribution < -0.4 is 15.2 Å². The first kappa shape index (κ1) is 19.9. The van der Waals surface area contributed by atoms with Crippen LogP contribution in [0.15, 0.2) is 35.3 Å². The zero-order valence-corrected chi connectivity index (χ0v) is 16.4. The summed E-state index contributed by atoms with van der Waals surface area (Å²) in [5, 5.41) is 13.0. The third-order valence-corrected chi connectivity index (χ3v) is 5.77. The van der Waals surface area contributed by atoms with E-state index >= 15 is 0 Å². The molecule has 11 heteroatoms. The number of ether oxygens (including phenoxy) is 1. The van der Waals surface area contributed by atoms with Gasteiger partial charge in [0.1, 0.15) is 5.56 Å². The molecule has 3 heterocycles. The van der Waals surface area contributed by atoms with Crippen LogP contribution in [-0.4, -0.2) is 9.55 Å². The Morgan fingerprint density at radius 2 is 2.21 bits per heavy atom. The lowest BCUT2D eigenvalue weighted by molar-refractivity contribution is -0.748. The normalized spacial score (nSPS) is 16.2. The second kappa shape index (κ2) is 7.12. The number of rotatable bonds is 3. The number of hydrogen-bond acceptors (Lipinski definition) is 5. The third-order valence-electron chi connectivity index (χ3n) is 4.62. The summed E-state index contributed by atoms with van der Waals surface area (Å²) in [6, 6.07) is 4.18. The summed E-state index contributed by atoms with van der Waals surface area (Å²) in [5.41, 5.74) is -2.10. The molecule has 3 aromatic rings. The quantitative estimate of drug-likeness (QED) is 0.583. The van der Waals surface area contributed by atoms with E-state index in [1.807, 2.05) is 0 Å². The molecule has 0 spiro atoms. The predicted octanol–water partition coefficient (Wildman–Crippen LogP) is 3.10. The summed E-state index contributed by atoms with van der Waals surface area (Å²) in [6.45, 7) is 1.93. The fourth-order valence-corrected chi connectivity index (χ4v) is 4.34. The van der Waals surface area contributed by atoms with Gasteiger partial charge in [0.25, 0.3) is 5.82 Å². The third kappa shape index (κ3) is 3.30. The van der Waals surface area contributed by atoms with Gasteiger partial charge in [-0.05, 0) is 24.6 Å². The molecule has 0 aliphatic carbocycles. The van der Waals surface area contributed by atoms with E-state index < -0.39 is 29.4 Å². The molecule has 29 heavy (non-hydrogen) atoms. The summed E-state index contributed by atoms with van der Waals surface area (Å²) < 4.78 is 48.0. The van der Waals surface area contributed by atoms with Crippen LogP contribution in [0.3, 0.4) is 0 Å². The van der Waals surface area contributed by atoms with Gasteiger partial charge in [-0.1, -0.05) is 23.7 Å². The molecule has 0 radical (unpaired) electrons. The fraction of sp³-hybridized carbons (Fsp3) is 0.278. The van der Waals surface area contributed by atoms with E-state index in [0.717, 1.165) is 23.5 Å². The van der Waals surface area contributed by atoms with Crippen LogP contribution >= 0.6 is 22.9 Å². The largest absolute Gasteiger partial charge is 0.842 e. The van der Waals surface area contributed by atoms with Crippen molar-refractivity contribution in [2.75, 3.05) is 0 Å². The van der Waals surface area contributed by atoms with E-state index in [2.05, 4.69) is 4.98 Å². The van der Waals surface area contributed by atoms with Gasteiger partial charge < -0.3 is 9.84 Å². The van der Waals surface area contributed by atoms with Crippen molar-refractivity contribution in [1.82, 2.24) is 9.55 Å². The van der Waals surface area contributed by atoms with E-state index in [1.165, 1.54) is 27.5 Å². The maximum Gasteiger partial charge on any atom is 0.416 e. The monoisotopic (exact) mass is 443 g/mol. The van der Waals surface area contributed by atoms with Crippen molar-refractivity contribution >= 4 is 22.9 Å². The van der Waals surface area contributed by atoms with Crippen LogP contribution in [0.4, 0.5) is 13.2 Å². The predicted molar refractivity (Wildman–Crippen MR) is 96.5 cm³/mol. The number of nitrogens with zero attached hydrogens (tertiary/aromatic N) is 3. The molecule has 1 aromatic carbocycles. The van der Waals surface area contributed by atoms with Crippen molar-refractivity contribution in [2.24, 2.45) is 0 Å². The Bertz CT molecular complexity index is 1160. The van der Waals surface area contributed by atoms with Crippen molar-refractivity contribution in [1.29, 1.82) is 0 Å². The number of hydrogen-bond donors (Lipinski definition) is 0. The van der Waals surface area contributed by atoms with E-state index in [4.69, 9.17) is 16.3 Å². The number of alkyl halides is 3. The molecular formula is C18H13ClF3N3O3S. The number of benzene rings is 1. The molecule has 1 aliphatic rings. The molecular weight excluding hydrogens is 431 g/mol. The highest BCUT2D eigenvalue weighted by molar-refractivity contribution is 7.15. The van der Waals surface area contributed by atoms with Crippen molar-refractivity contribution < 1.29 is 27.6 Å². The van der Waals surface area contributed by atoms with Gasteiger partial charge in [0, 0.05) is 6.20 Å². The Kier molecular flexibility index (Phi) is 4.88. The van der Waals surface area contributed by atoms with Crippen LogP contribution in [0.25, 0.3) is 11.1 Å². The van der Waals surface area contributed by atoms with Crippen LogP contribution in [0.2, 0.25) is 4.47 Å². The number of thiazole rings is 1. The molecule has 6 nitrogen and oxygen atoms in total. The second-order valence-corrected chi connectivity index (χ2v) is 7.92. The van der Waals surface area contributed by atoms with Crippen LogP contribution in [0, 0.1) is 0 Å². The minimum atomic E-state index is -4.60. The molecule has 0 saturated carbocycles. The lowest BCUT2D eigenvalue weighted by atomic mass is 10.0. The fourth-order valence-electron chi connectivity index (χ4n) is 3.34. The van der Waals surface area contributed by atoms with E-state index in [9.17, 15) is 23.1 Å². The molecule has 1 unspecified atom stereocenters. The molecule has 0 fully saturated rings. The van der Waals surface area contributed by atoms with Gasteiger partial charge in [-0.2, -0.15) is 17.7 Å². The standard InChI is InChI=1S/C18H13ClF3N3O3S/c1-2-24-12-8-28-16(11-7-23-17(19)29-11)25(12)15(27)13(14(24)26)9-4-3-5-10(6-9)18(20,21)22/h3-7,16H,2,8H2,1H3. The van der Waals surface area contributed by atoms with Gasteiger partial charge in [0.2, 0.25) is 6.23 Å². The summed E-state index contributed by atoms with van der Waals surface area (Å²) in [4.78, 5) is 17.7. The summed E-state index contributed by atoms with van der Waals surface area (Å²) in [7, 11) is 0. The van der Waals surface area contributed by atoms with E-state index in [0.29, 0.717) is 10.7 Å². The minimum Gasteiger partial charge on any atom is -0.842 e. The van der Waals surface area contributed by atoms with Gasteiger partial charge in [-0.25, -0.2) is 14.3 Å². The van der Waals surface area contributed by atoms with Gasteiger partial charge in [0.05, 0.1) is 22.9 Å². The molecule has 0 bridgehead atoms. The van der Waals surface area contributed by atoms with Crippen LogP contribution in [0.5, 0.6) is 5.88 Å². The Hall–Kier alpha value is -2.43. The van der Waals surface area contributed by atoms with Crippen LogP contribution in [-0.2, 0) is 24.1 Å². The lowest BCUT2D eigenvalue weighted by Gasteiger charge is -2.18. The lowest BCUT2D eigenvalue weighted by Crippen LogP contribution is -2.56. The summed E-state index contributed by atoms with van der Waals surface area (Å²) >= 11 is 7.00. The summed E-state index contributed by atoms with van der Waals surface area (Å²) in [6.07, 6.45) is -3.99. The molecule has 2 aromatic heterocycles. The maximum absolute atomic E-state index is 13.2. The average Bonchev–Trinajstić information content (AvgIpc) is 3.28. The first-order valence-corrected chi connectivity index (χ1v) is 9.70. The number of halogens is 4. The van der Waals surface area contributed by atoms with Gasteiger partial charge in [-0.3, -0.25) is 0 Å². The number of aromatic nitrogens is 3.